The largest absolute Gasteiger partial charge is 0.396 e. The number of nitro groups is 1. The number of benzene rings is 1. The monoisotopic (exact) mass is 232 g/mol. The molecule has 5 nitrogen and oxygen atoms in total. The summed E-state index contributed by atoms with van der Waals surface area (Å²) in [6.45, 7) is -0.0239. The predicted octanol–water partition coefficient (Wildman–Crippen LogP) is 1.40. The lowest BCUT2D eigenvalue weighted by Gasteiger charge is -2.09. The van der Waals surface area contributed by atoms with Crippen LogP contribution in [0.1, 0.15) is 18.0 Å². The third kappa shape index (κ3) is 3.83. The number of rotatable bonds is 4. The molecule has 1 aromatic carbocycles. The van der Waals surface area contributed by atoms with Crippen LogP contribution in [0.4, 0.5) is 5.69 Å². The van der Waals surface area contributed by atoms with Crippen LogP contribution in [0.25, 0.3) is 0 Å². The van der Waals surface area contributed by atoms with Gasteiger partial charge in [-0.25, -0.2) is 0 Å². The van der Waals surface area contributed by atoms with Crippen molar-refractivity contribution in [2.45, 2.75) is 12.5 Å². The molecule has 0 heterocycles. The SMILES string of the molecule is Cl.N[C@@H](CCO)c1cccc([N+](=O)[O-])c1. The van der Waals surface area contributed by atoms with Crippen molar-refractivity contribution >= 4 is 18.1 Å². The highest BCUT2D eigenvalue weighted by molar-refractivity contribution is 5.85. The smallest absolute Gasteiger partial charge is 0.269 e. The molecule has 0 fully saturated rings. The van der Waals surface area contributed by atoms with Gasteiger partial charge in [0, 0.05) is 24.8 Å². The summed E-state index contributed by atoms with van der Waals surface area (Å²) in [6.07, 6.45) is 0.404. The number of aliphatic hydroxyl groups excluding tert-OH is 1. The Balaban J connectivity index is 0.00000196. The average molecular weight is 233 g/mol. The van der Waals surface area contributed by atoms with E-state index < -0.39 is 4.92 Å². The second kappa shape index (κ2) is 6.34. The molecule has 3 N–H and O–H groups in total. The molecule has 0 saturated heterocycles. The molecular formula is C9H13ClN2O3. The van der Waals surface area contributed by atoms with Crippen molar-refractivity contribution in [2.24, 2.45) is 5.73 Å². The minimum Gasteiger partial charge on any atom is -0.396 e. The molecule has 15 heavy (non-hydrogen) atoms. The van der Waals surface area contributed by atoms with Gasteiger partial charge in [-0.3, -0.25) is 10.1 Å². The Hall–Kier alpha value is -1.17. The summed E-state index contributed by atoms with van der Waals surface area (Å²) in [5.74, 6) is 0. The number of nitrogens with zero attached hydrogens (tertiary/aromatic N) is 1. The van der Waals surface area contributed by atoms with Gasteiger partial charge in [0.2, 0.25) is 0 Å². The number of non-ortho nitro benzene ring substituents is 1. The fourth-order valence-corrected chi connectivity index (χ4v) is 1.17. The highest BCUT2D eigenvalue weighted by atomic mass is 35.5. The van der Waals surface area contributed by atoms with Crippen LogP contribution in [0.3, 0.4) is 0 Å². The van der Waals surface area contributed by atoms with Gasteiger partial charge in [0.05, 0.1) is 4.92 Å². The molecule has 0 bridgehead atoms. The zero-order valence-corrected chi connectivity index (χ0v) is 8.81. The minimum atomic E-state index is -0.463. The van der Waals surface area contributed by atoms with Crippen molar-refractivity contribution in [1.82, 2.24) is 0 Å². The molecule has 0 radical (unpaired) electrons. The number of hydrogen-bond donors (Lipinski definition) is 2. The summed E-state index contributed by atoms with van der Waals surface area (Å²) in [5.41, 5.74) is 6.39. The Morgan fingerprint density at radius 3 is 2.73 bits per heavy atom. The van der Waals surface area contributed by atoms with E-state index in [2.05, 4.69) is 0 Å². The first-order chi connectivity index (χ1) is 6.65. The highest BCUT2D eigenvalue weighted by Gasteiger charge is 2.10. The number of nitro benzene ring substituents is 1. The van der Waals surface area contributed by atoms with E-state index in [1.807, 2.05) is 0 Å². The predicted molar refractivity (Wildman–Crippen MR) is 59.0 cm³/mol. The minimum absolute atomic E-state index is 0. The van der Waals surface area contributed by atoms with Crippen molar-refractivity contribution in [3.05, 3.63) is 39.9 Å². The maximum Gasteiger partial charge on any atom is 0.269 e. The first-order valence-electron chi connectivity index (χ1n) is 4.26. The van der Waals surface area contributed by atoms with E-state index in [1.54, 1.807) is 12.1 Å². The number of halogens is 1. The molecule has 84 valence electrons. The number of nitrogens with two attached hydrogens (primary N) is 1. The Morgan fingerprint density at radius 2 is 2.20 bits per heavy atom. The van der Waals surface area contributed by atoms with Crippen LogP contribution in [0.5, 0.6) is 0 Å². The first-order valence-corrected chi connectivity index (χ1v) is 4.26. The summed E-state index contributed by atoms with van der Waals surface area (Å²) < 4.78 is 0. The van der Waals surface area contributed by atoms with Crippen LogP contribution in [-0.2, 0) is 0 Å². The van der Waals surface area contributed by atoms with Gasteiger partial charge in [-0.15, -0.1) is 12.4 Å². The second-order valence-electron chi connectivity index (χ2n) is 2.97. The van der Waals surface area contributed by atoms with Crippen LogP contribution in [0, 0.1) is 10.1 Å². The Bertz CT molecular complexity index is 333. The zero-order valence-electron chi connectivity index (χ0n) is 8.00. The van der Waals surface area contributed by atoms with Crippen LogP contribution >= 0.6 is 12.4 Å². The summed E-state index contributed by atoms with van der Waals surface area (Å²) in [6, 6.07) is 5.80. The van der Waals surface area contributed by atoms with E-state index >= 15 is 0 Å². The Morgan fingerprint density at radius 1 is 1.53 bits per heavy atom. The van der Waals surface area contributed by atoms with Crippen molar-refractivity contribution in [2.75, 3.05) is 6.61 Å². The molecule has 0 aliphatic carbocycles. The third-order valence-electron chi connectivity index (χ3n) is 1.95. The summed E-state index contributed by atoms with van der Waals surface area (Å²) in [7, 11) is 0. The third-order valence-corrected chi connectivity index (χ3v) is 1.95. The molecule has 6 heteroatoms. The summed E-state index contributed by atoms with van der Waals surface area (Å²) in [5, 5.41) is 19.1. The maximum absolute atomic E-state index is 10.4. The molecule has 1 rings (SSSR count). The number of aliphatic hydroxyl groups is 1. The van der Waals surface area contributed by atoms with Crippen LogP contribution in [-0.4, -0.2) is 16.6 Å². The molecule has 0 spiro atoms. The lowest BCUT2D eigenvalue weighted by Crippen LogP contribution is -2.11. The maximum atomic E-state index is 10.4. The van der Waals surface area contributed by atoms with Gasteiger partial charge in [0.15, 0.2) is 0 Å². The van der Waals surface area contributed by atoms with E-state index in [9.17, 15) is 10.1 Å². The molecule has 0 amide bonds. The normalized spacial score (nSPS) is 11.6. The Labute approximate surface area is 93.5 Å². The van der Waals surface area contributed by atoms with E-state index in [4.69, 9.17) is 10.8 Å². The van der Waals surface area contributed by atoms with Gasteiger partial charge in [-0.05, 0) is 12.0 Å². The molecule has 0 aliphatic rings. The molecule has 0 aliphatic heterocycles. The first kappa shape index (κ1) is 13.8. The average Bonchev–Trinajstić information content (AvgIpc) is 2.18. The van der Waals surface area contributed by atoms with Crippen LogP contribution < -0.4 is 5.73 Å². The van der Waals surface area contributed by atoms with E-state index in [0.29, 0.717) is 12.0 Å². The Kier molecular flexibility index (Phi) is 5.84. The quantitative estimate of drug-likeness (QED) is 0.607. The lowest BCUT2D eigenvalue weighted by molar-refractivity contribution is -0.384. The van der Waals surface area contributed by atoms with Gasteiger partial charge in [0.1, 0.15) is 0 Å². The van der Waals surface area contributed by atoms with Gasteiger partial charge in [-0.2, -0.15) is 0 Å². The van der Waals surface area contributed by atoms with Crippen molar-refractivity contribution in [1.29, 1.82) is 0 Å². The van der Waals surface area contributed by atoms with Gasteiger partial charge in [0.25, 0.3) is 5.69 Å². The van der Waals surface area contributed by atoms with Gasteiger partial charge in [-0.1, -0.05) is 12.1 Å². The molecular weight excluding hydrogens is 220 g/mol. The lowest BCUT2D eigenvalue weighted by atomic mass is 10.0. The van der Waals surface area contributed by atoms with Gasteiger partial charge >= 0.3 is 0 Å². The van der Waals surface area contributed by atoms with E-state index in [0.717, 1.165) is 0 Å². The summed E-state index contributed by atoms with van der Waals surface area (Å²) in [4.78, 5) is 9.99. The highest BCUT2D eigenvalue weighted by Crippen LogP contribution is 2.19. The van der Waals surface area contributed by atoms with Crippen LogP contribution in [0.2, 0.25) is 0 Å². The fraction of sp³-hybridized carbons (Fsp3) is 0.333. The molecule has 1 aromatic rings. The standard InChI is InChI=1S/C9H12N2O3.ClH/c10-9(4-5-12)7-2-1-3-8(6-7)11(13)14;/h1-3,6,9,12H,4-5,10H2;1H/t9-;/m0./s1. The van der Waals surface area contributed by atoms with Crippen LogP contribution in [0.15, 0.2) is 24.3 Å². The summed E-state index contributed by atoms with van der Waals surface area (Å²) >= 11 is 0. The molecule has 0 aromatic heterocycles. The number of hydrogen-bond acceptors (Lipinski definition) is 4. The molecule has 0 unspecified atom stereocenters. The molecule has 1 atom stereocenters. The van der Waals surface area contributed by atoms with E-state index in [1.165, 1.54) is 12.1 Å². The topological polar surface area (TPSA) is 89.4 Å². The van der Waals surface area contributed by atoms with Gasteiger partial charge < -0.3 is 10.8 Å². The van der Waals surface area contributed by atoms with Crippen molar-refractivity contribution < 1.29 is 10.0 Å². The van der Waals surface area contributed by atoms with Crippen molar-refractivity contribution in [3.8, 4) is 0 Å². The van der Waals surface area contributed by atoms with E-state index in [-0.39, 0.29) is 30.7 Å². The zero-order chi connectivity index (χ0) is 10.6. The second-order valence-corrected chi connectivity index (χ2v) is 2.97. The fourth-order valence-electron chi connectivity index (χ4n) is 1.17. The van der Waals surface area contributed by atoms with Crippen molar-refractivity contribution in [3.63, 3.8) is 0 Å². The molecule has 0 saturated carbocycles.